The van der Waals surface area contributed by atoms with Gasteiger partial charge in [-0.15, -0.1) is 0 Å². The second-order valence-corrected chi connectivity index (χ2v) is 7.26. The minimum Gasteiger partial charge on any atom is -0.493 e. The Morgan fingerprint density at radius 1 is 0.885 bits per heavy atom. The van der Waals surface area contributed by atoms with Crippen molar-refractivity contribution in [2.24, 2.45) is 0 Å². The molecule has 2 rings (SSSR count). The molecule has 2 aromatic rings. The molecule has 9 heteroatoms. The van der Waals surface area contributed by atoms with E-state index >= 15 is 0 Å². The quantitative estimate of drug-likeness (QED) is 0.756. The van der Waals surface area contributed by atoms with Crippen LogP contribution in [0.25, 0.3) is 0 Å². The third-order valence-electron chi connectivity index (χ3n) is 3.48. The average molecular weight is 378 g/mol. The van der Waals surface area contributed by atoms with Crippen LogP contribution in [0.5, 0.6) is 11.5 Å². The molecular weight excluding hydrogens is 360 g/mol. The summed E-state index contributed by atoms with van der Waals surface area (Å²) in [6.07, 6.45) is 1.07. The lowest BCUT2D eigenvalue weighted by Crippen LogP contribution is -2.41. The van der Waals surface area contributed by atoms with E-state index in [2.05, 4.69) is 10.9 Å². The molecular formula is C17H18N2O6S. The number of carbonyl (C=O) groups is 2. The van der Waals surface area contributed by atoms with Crippen LogP contribution in [-0.4, -0.2) is 40.7 Å². The number of hydrogen-bond acceptors (Lipinski definition) is 6. The second kappa shape index (κ2) is 7.87. The summed E-state index contributed by atoms with van der Waals surface area (Å²) < 4.78 is 33.1. The number of hydrogen-bond donors (Lipinski definition) is 2. The van der Waals surface area contributed by atoms with Crippen LogP contribution in [0.15, 0.2) is 47.4 Å². The third-order valence-corrected chi connectivity index (χ3v) is 4.61. The van der Waals surface area contributed by atoms with Gasteiger partial charge in [-0.25, -0.2) is 8.42 Å². The van der Waals surface area contributed by atoms with E-state index in [1.54, 1.807) is 12.1 Å². The molecule has 0 bridgehead atoms. The Morgan fingerprint density at radius 2 is 1.50 bits per heavy atom. The zero-order valence-corrected chi connectivity index (χ0v) is 15.2. The summed E-state index contributed by atoms with van der Waals surface area (Å²) >= 11 is 0. The van der Waals surface area contributed by atoms with Gasteiger partial charge in [-0.3, -0.25) is 20.4 Å². The minimum atomic E-state index is -3.35. The Bertz CT molecular complexity index is 923. The Labute approximate surface area is 151 Å². The third kappa shape index (κ3) is 4.31. The number of methoxy groups -OCH3 is 2. The summed E-state index contributed by atoms with van der Waals surface area (Å²) in [5.41, 5.74) is 4.91. The van der Waals surface area contributed by atoms with E-state index in [1.807, 2.05) is 0 Å². The van der Waals surface area contributed by atoms with E-state index < -0.39 is 21.7 Å². The number of nitrogens with one attached hydrogen (secondary N) is 2. The maximum absolute atomic E-state index is 12.3. The van der Waals surface area contributed by atoms with Gasteiger partial charge in [0.2, 0.25) is 0 Å². The lowest BCUT2D eigenvalue weighted by molar-refractivity contribution is 0.0844. The van der Waals surface area contributed by atoms with E-state index in [0.29, 0.717) is 5.75 Å². The maximum atomic E-state index is 12.3. The van der Waals surface area contributed by atoms with Gasteiger partial charge in [0, 0.05) is 11.8 Å². The molecule has 0 unspecified atom stereocenters. The first kappa shape index (κ1) is 19.3. The summed E-state index contributed by atoms with van der Waals surface area (Å²) in [5.74, 6) is -0.579. The highest BCUT2D eigenvalue weighted by Crippen LogP contribution is 2.30. The first-order valence-corrected chi connectivity index (χ1v) is 9.29. The number of hydrazine groups is 1. The Kier molecular flexibility index (Phi) is 5.83. The molecule has 0 saturated carbocycles. The van der Waals surface area contributed by atoms with E-state index in [-0.39, 0.29) is 21.8 Å². The highest BCUT2D eigenvalue weighted by molar-refractivity contribution is 7.90. The van der Waals surface area contributed by atoms with E-state index in [0.717, 1.165) is 6.26 Å². The molecule has 26 heavy (non-hydrogen) atoms. The SMILES string of the molecule is COc1cccc(C(=O)NNC(=O)c2ccc(S(C)(=O)=O)cc2)c1OC. The van der Waals surface area contributed by atoms with Gasteiger partial charge < -0.3 is 9.47 Å². The van der Waals surface area contributed by atoms with E-state index in [9.17, 15) is 18.0 Å². The second-order valence-electron chi connectivity index (χ2n) is 5.25. The smallest absolute Gasteiger partial charge is 0.273 e. The van der Waals surface area contributed by atoms with Crippen LogP contribution in [0.4, 0.5) is 0 Å². The summed E-state index contributed by atoms with van der Waals surface area (Å²) in [7, 11) is -0.503. The maximum Gasteiger partial charge on any atom is 0.273 e. The fraction of sp³-hybridized carbons (Fsp3) is 0.176. The Morgan fingerprint density at radius 3 is 2.04 bits per heavy atom. The van der Waals surface area contributed by atoms with E-state index in [1.165, 1.54) is 44.6 Å². The van der Waals surface area contributed by atoms with Crippen LogP contribution in [0.3, 0.4) is 0 Å². The Balaban J connectivity index is 2.09. The largest absolute Gasteiger partial charge is 0.493 e. The van der Waals surface area contributed by atoms with Crippen LogP contribution in [-0.2, 0) is 9.84 Å². The van der Waals surface area contributed by atoms with Crippen molar-refractivity contribution >= 4 is 21.7 Å². The summed E-state index contributed by atoms with van der Waals surface area (Å²) in [6.45, 7) is 0. The van der Waals surface area contributed by atoms with Crippen LogP contribution in [0.2, 0.25) is 0 Å². The molecule has 0 saturated heterocycles. The number of carbonyl (C=O) groups excluding carboxylic acids is 2. The number of sulfone groups is 1. The van der Waals surface area contributed by atoms with Crippen molar-refractivity contribution in [1.29, 1.82) is 0 Å². The molecule has 0 aliphatic rings. The molecule has 0 radical (unpaired) electrons. The van der Waals surface area contributed by atoms with Gasteiger partial charge in [-0.1, -0.05) is 6.07 Å². The molecule has 0 aliphatic heterocycles. The number of rotatable bonds is 5. The summed E-state index contributed by atoms with van der Waals surface area (Å²) in [5, 5.41) is 0. The van der Waals surface area contributed by atoms with E-state index in [4.69, 9.17) is 9.47 Å². The standard InChI is InChI=1S/C17H18N2O6S/c1-24-14-6-4-5-13(15(14)25-2)17(21)19-18-16(20)11-7-9-12(10-8-11)26(3,22)23/h4-10H,1-3H3,(H,18,20)(H,19,21). The zero-order valence-electron chi connectivity index (χ0n) is 14.4. The van der Waals surface area contributed by atoms with Crippen molar-refractivity contribution in [3.63, 3.8) is 0 Å². The zero-order chi connectivity index (χ0) is 19.3. The topological polar surface area (TPSA) is 111 Å². The number of ether oxygens (including phenoxy) is 2. The molecule has 8 nitrogen and oxygen atoms in total. The molecule has 0 aliphatic carbocycles. The average Bonchev–Trinajstić information content (AvgIpc) is 2.64. The normalized spacial score (nSPS) is 10.7. The van der Waals surface area contributed by atoms with Crippen LogP contribution in [0, 0.1) is 0 Å². The highest BCUT2D eigenvalue weighted by atomic mass is 32.2. The fourth-order valence-corrected chi connectivity index (χ4v) is 2.80. The van der Waals surface area contributed by atoms with Crippen molar-refractivity contribution in [3.05, 3.63) is 53.6 Å². The summed E-state index contributed by atoms with van der Waals surface area (Å²) in [6, 6.07) is 10.1. The van der Waals surface area contributed by atoms with Crippen molar-refractivity contribution in [1.82, 2.24) is 10.9 Å². The summed E-state index contributed by atoms with van der Waals surface area (Å²) in [4.78, 5) is 24.5. The highest BCUT2D eigenvalue weighted by Gasteiger charge is 2.17. The molecule has 2 N–H and O–H groups in total. The molecule has 0 heterocycles. The lowest BCUT2D eigenvalue weighted by Gasteiger charge is -2.13. The van der Waals surface area contributed by atoms with Gasteiger partial charge in [0.05, 0.1) is 24.7 Å². The minimum absolute atomic E-state index is 0.0965. The van der Waals surface area contributed by atoms with Crippen molar-refractivity contribution < 1.29 is 27.5 Å². The van der Waals surface area contributed by atoms with Gasteiger partial charge in [0.25, 0.3) is 11.8 Å². The molecule has 138 valence electrons. The fourth-order valence-electron chi connectivity index (χ4n) is 2.17. The van der Waals surface area contributed by atoms with Gasteiger partial charge in [0.1, 0.15) is 0 Å². The molecule has 2 amide bonds. The first-order chi connectivity index (χ1) is 12.3. The van der Waals surface area contributed by atoms with Gasteiger partial charge in [0.15, 0.2) is 21.3 Å². The number of para-hydroxylation sites is 1. The monoisotopic (exact) mass is 378 g/mol. The van der Waals surface area contributed by atoms with Crippen LogP contribution >= 0.6 is 0 Å². The predicted octanol–water partition coefficient (Wildman–Crippen LogP) is 1.18. The van der Waals surface area contributed by atoms with Crippen molar-refractivity contribution in [2.45, 2.75) is 4.90 Å². The predicted molar refractivity (Wildman–Crippen MR) is 94.0 cm³/mol. The first-order valence-electron chi connectivity index (χ1n) is 7.39. The lowest BCUT2D eigenvalue weighted by atomic mass is 10.1. The van der Waals surface area contributed by atoms with Crippen LogP contribution < -0.4 is 20.3 Å². The van der Waals surface area contributed by atoms with Crippen LogP contribution in [0.1, 0.15) is 20.7 Å². The molecule has 2 aromatic carbocycles. The van der Waals surface area contributed by atoms with Crippen molar-refractivity contribution in [2.75, 3.05) is 20.5 Å². The van der Waals surface area contributed by atoms with Gasteiger partial charge >= 0.3 is 0 Å². The molecule has 0 fully saturated rings. The Hall–Kier alpha value is -3.07. The molecule has 0 aromatic heterocycles. The molecule has 0 spiro atoms. The molecule has 0 atom stereocenters. The number of benzene rings is 2. The van der Waals surface area contributed by atoms with Gasteiger partial charge in [-0.2, -0.15) is 0 Å². The van der Waals surface area contributed by atoms with Crippen molar-refractivity contribution in [3.8, 4) is 11.5 Å². The van der Waals surface area contributed by atoms with Gasteiger partial charge in [-0.05, 0) is 36.4 Å². The number of amides is 2.